The lowest BCUT2D eigenvalue weighted by atomic mass is 10.2. The van der Waals surface area contributed by atoms with Crippen molar-refractivity contribution in [2.75, 3.05) is 44.2 Å². The van der Waals surface area contributed by atoms with Gasteiger partial charge in [0, 0.05) is 39.3 Å². The minimum absolute atomic E-state index is 0.0826. The molecule has 5 rings (SSSR count). The highest BCUT2D eigenvalue weighted by molar-refractivity contribution is 7.22. The van der Waals surface area contributed by atoms with Crippen molar-refractivity contribution in [2.24, 2.45) is 0 Å². The zero-order chi connectivity index (χ0) is 21.2. The molecule has 1 aliphatic heterocycles. The number of rotatable bonds is 6. The number of hydrogen-bond acceptors (Lipinski definition) is 7. The van der Waals surface area contributed by atoms with Gasteiger partial charge in [0.15, 0.2) is 10.1 Å². The summed E-state index contributed by atoms with van der Waals surface area (Å²) in [6, 6.07) is 14.4. The molecule has 3 heterocycles. The predicted octanol–water partition coefficient (Wildman–Crippen LogP) is 4.02. The van der Waals surface area contributed by atoms with Crippen LogP contribution in [0.5, 0.6) is 0 Å². The highest BCUT2D eigenvalue weighted by atomic mass is 32.1. The standard InChI is InChI=1S/C23H25N5OS2/c1-2-16-7-8-18-20(15-16)31-23(26-18)28-13-11-27(12-14-28)10-9-24-21(29)22-25-17-5-3-4-6-19(17)30-22/h3-8,15H,2,9-14H2,1H3,(H,24,29). The van der Waals surface area contributed by atoms with E-state index in [1.807, 2.05) is 24.3 Å². The number of benzene rings is 2. The number of carbonyl (C=O) groups is 1. The first-order valence-electron chi connectivity index (χ1n) is 10.7. The largest absolute Gasteiger partial charge is 0.349 e. The van der Waals surface area contributed by atoms with Crippen LogP contribution < -0.4 is 10.2 Å². The molecule has 0 bridgehead atoms. The van der Waals surface area contributed by atoms with Gasteiger partial charge in [-0.25, -0.2) is 9.97 Å². The van der Waals surface area contributed by atoms with E-state index in [1.54, 1.807) is 11.3 Å². The molecule has 1 amide bonds. The first kappa shape index (κ1) is 20.4. The van der Waals surface area contributed by atoms with Crippen LogP contribution in [0.2, 0.25) is 0 Å². The number of aryl methyl sites for hydroxylation is 1. The van der Waals surface area contributed by atoms with Crippen LogP contribution in [0.15, 0.2) is 42.5 Å². The molecule has 2 aromatic heterocycles. The third-order valence-corrected chi connectivity index (χ3v) is 7.81. The summed E-state index contributed by atoms with van der Waals surface area (Å²) in [5.74, 6) is -0.0826. The summed E-state index contributed by atoms with van der Waals surface area (Å²) in [5, 5.41) is 4.67. The number of piperazine rings is 1. The van der Waals surface area contributed by atoms with Crippen LogP contribution in [0.4, 0.5) is 5.13 Å². The third kappa shape index (κ3) is 4.42. The van der Waals surface area contributed by atoms with Crippen LogP contribution in [0.25, 0.3) is 20.4 Å². The van der Waals surface area contributed by atoms with E-state index in [0.717, 1.165) is 60.0 Å². The molecule has 1 aliphatic rings. The second-order valence-corrected chi connectivity index (χ2v) is 9.76. The summed E-state index contributed by atoms with van der Waals surface area (Å²) >= 11 is 3.23. The van der Waals surface area contributed by atoms with Crippen molar-refractivity contribution in [2.45, 2.75) is 13.3 Å². The molecule has 0 aliphatic carbocycles. The number of anilines is 1. The maximum Gasteiger partial charge on any atom is 0.280 e. The molecule has 1 N–H and O–H groups in total. The molecule has 8 heteroatoms. The summed E-state index contributed by atoms with van der Waals surface area (Å²) in [4.78, 5) is 26.5. The van der Waals surface area contributed by atoms with Gasteiger partial charge in [-0.1, -0.05) is 36.5 Å². The van der Waals surface area contributed by atoms with Crippen LogP contribution in [0.1, 0.15) is 22.3 Å². The van der Waals surface area contributed by atoms with Crippen molar-refractivity contribution in [1.29, 1.82) is 0 Å². The molecule has 0 radical (unpaired) electrons. The lowest BCUT2D eigenvalue weighted by Gasteiger charge is -2.34. The van der Waals surface area contributed by atoms with Gasteiger partial charge in [-0.2, -0.15) is 0 Å². The van der Waals surface area contributed by atoms with Crippen LogP contribution >= 0.6 is 22.7 Å². The van der Waals surface area contributed by atoms with Gasteiger partial charge in [0.05, 0.1) is 20.4 Å². The van der Waals surface area contributed by atoms with Crippen molar-refractivity contribution in [1.82, 2.24) is 20.2 Å². The van der Waals surface area contributed by atoms with Gasteiger partial charge in [-0.3, -0.25) is 9.69 Å². The quantitative estimate of drug-likeness (QED) is 0.480. The zero-order valence-corrected chi connectivity index (χ0v) is 19.1. The fourth-order valence-electron chi connectivity index (χ4n) is 3.85. The second-order valence-electron chi connectivity index (χ2n) is 7.72. The number of amides is 1. The van der Waals surface area contributed by atoms with E-state index in [9.17, 15) is 4.79 Å². The fourth-order valence-corrected chi connectivity index (χ4v) is 5.81. The molecule has 0 saturated carbocycles. The van der Waals surface area contributed by atoms with Crippen LogP contribution in [0.3, 0.4) is 0 Å². The Morgan fingerprint density at radius 3 is 2.61 bits per heavy atom. The minimum Gasteiger partial charge on any atom is -0.349 e. The van der Waals surface area contributed by atoms with E-state index in [-0.39, 0.29) is 5.91 Å². The Kier molecular flexibility index (Phi) is 5.85. The van der Waals surface area contributed by atoms with E-state index in [4.69, 9.17) is 4.98 Å². The third-order valence-electron chi connectivity index (χ3n) is 5.69. The van der Waals surface area contributed by atoms with Crippen molar-refractivity contribution in [3.63, 3.8) is 0 Å². The molecule has 4 aromatic rings. The Morgan fingerprint density at radius 2 is 1.81 bits per heavy atom. The number of carbonyl (C=O) groups excluding carboxylic acids is 1. The number of para-hydroxylation sites is 1. The van der Waals surface area contributed by atoms with E-state index >= 15 is 0 Å². The molecule has 160 valence electrons. The van der Waals surface area contributed by atoms with Gasteiger partial charge in [0.2, 0.25) is 0 Å². The van der Waals surface area contributed by atoms with Crippen molar-refractivity contribution < 1.29 is 4.79 Å². The van der Waals surface area contributed by atoms with Crippen molar-refractivity contribution in [3.8, 4) is 0 Å². The summed E-state index contributed by atoms with van der Waals surface area (Å²) in [6.45, 7) is 7.56. The molecule has 31 heavy (non-hydrogen) atoms. The van der Waals surface area contributed by atoms with E-state index < -0.39 is 0 Å². The summed E-state index contributed by atoms with van der Waals surface area (Å²) in [7, 11) is 0. The number of thiazole rings is 2. The van der Waals surface area contributed by atoms with E-state index in [0.29, 0.717) is 11.6 Å². The Bertz CT molecular complexity index is 1180. The smallest absolute Gasteiger partial charge is 0.280 e. The first-order valence-corrected chi connectivity index (χ1v) is 12.3. The summed E-state index contributed by atoms with van der Waals surface area (Å²) < 4.78 is 2.32. The number of aromatic nitrogens is 2. The fraction of sp³-hybridized carbons (Fsp3) is 0.348. The Labute approximate surface area is 189 Å². The summed E-state index contributed by atoms with van der Waals surface area (Å²) in [5.41, 5.74) is 3.34. The van der Waals surface area contributed by atoms with E-state index in [1.165, 1.54) is 21.6 Å². The lowest BCUT2D eigenvalue weighted by Crippen LogP contribution is -2.48. The van der Waals surface area contributed by atoms with Gasteiger partial charge in [0.25, 0.3) is 5.91 Å². The average molecular weight is 452 g/mol. The van der Waals surface area contributed by atoms with Crippen LogP contribution in [0, 0.1) is 0 Å². The average Bonchev–Trinajstić information content (AvgIpc) is 3.43. The zero-order valence-electron chi connectivity index (χ0n) is 17.5. The molecule has 0 atom stereocenters. The number of fused-ring (bicyclic) bond motifs is 2. The van der Waals surface area contributed by atoms with Gasteiger partial charge in [-0.05, 0) is 36.2 Å². The number of hydrogen-bond donors (Lipinski definition) is 1. The maximum absolute atomic E-state index is 12.4. The van der Waals surface area contributed by atoms with Crippen LogP contribution in [-0.2, 0) is 6.42 Å². The van der Waals surface area contributed by atoms with Gasteiger partial charge in [0.1, 0.15) is 0 Å². The molecule has 0 spiro atoms. The Hall–Kier alpha value is -2.55. The topological polar surface area (TPSA) is 61.4 Å². The molecular formula is C23H25N5OS2. The van der Waals surface area contributed by atoms with Crippen LogP contribution in [-0.4, -0.2) is 60.0 Å². The lowest BCUT2D eigenvalue weighted by molar-refractivity contribution is 0.0947. The second kappa shape index (κ2) is 8.90. The predicted molar refractivity (Wildman–Crippen MR) is 130 cm³/mol. The number of nitrogens with zero attached hydrogens (tertiary/aromatic N) is 4. The minimum atomic E-state index is -0.0826. The Balaban J connectivity index is 1.11. The Morgan fingerprint density at radius 1 is 1.00 bits per heavy atom. The van der Waals surface area contributed by atoms with Gasteiger partial charge < -0.3 is 10.2 Å². The highest BCUT2D eigenvalue weighted by Gasteiger charge is 2.20. The van der Waals surface area contributed by atoms with Crippen molar-refractivity contribution >= 4 is 54.1 Å². The molecule has 1 saturated heterocycles. The molecular weight excluding hydrogens is 426 g/mol. The van der Waals surface area contributed by atoms with E-state index in [2.05, 4.69) is 45.2 Å². The highest BCUT2D eigenvalue weighted by Crippen LogP contribution is 2.30. The normalized spacial score (nSPS) is 15.1. The van der Waals surface area contributed by atoms with Gasteiger partial charge in [-0.15, -0.1) is 11.3 Å². The monoisotopic (exact) mass is 451 g/mol. The molecule has 6 nitrogen and oxygen atoms in total. The number of nitrogens with one attached hydrogen (secondary N) is 1. The summed E-state index contributed by atoms with van der Waals surface area (Å²) in [6.07, 6.45) is 1.05. The molecule has 2 aromatic carbocycles. The molecule has 1 fully saturated rings. The van der Waals surface area contributed by atoms with Crippen molar-refractivity contribution in [3.05, 3.63) is 53.0 Å². The molecule has 0 unspecified atom stereocenters. The SMILES string of the molecule is CCc1ccc2nc(N3CCN(CCNC(=O)c4nc5ccccc5s4)CC3)sc2c1. The maximum atomic E-state index is 12.4. The van der Waals surface area contributed by atoms with Gasteiger partial charge >= 0.3 is 0 Å². The first-order chi connectivity index (χ1) is 15.2.